The Hall–Kier alpha value is -3.39. The first-order chi connectivity index (χ1) is 16.2. The lowest BCUT2D eigenvalue weighted by molar-refractivity contribution is 0.143. The number of carbonyl (C=O) groups is 1. The van der Waals surface area contributed by atoms with Gasteiger partial charge >= 0.3 is 6.03 Å². The van der Waals surface area contributed by atoms with Crippen molar-refractivity contribution in [3.05, 3.63) is 70.5 Å². The molecule has 1 fully saturated rings. The molecule has 0 aliphatic carbocycles. The summed E-state index contributed by atoms with van der Waals surface area (Å²) in [5.41, 5.74) is 2.57. The molecule has 1 aliphatic heterocycles. The molecule has 0 saturated carbocycles. The number of rotatable bonds is 8. The van der Waals surface area contributed by atoms with E-state index in [2.05, 4.69) is 5.32 Å². The molecule has 8 nitrogen and oxygen atoms in total. The van der Waals surface area contributed by atoms with Crippen LogP contribution in [0.5, 0.6) is 0 Å². The van der Waals surface area contributed by atoms with Crippen molar-refractivity contribution in [1.82, 2.24) is 19.8 Å². The molecule has 3 aromatic rings. The fourth-order valence-electron chi connectivity index (χ4n) is 4.05. The number of carbonyl (C=O) groups excluding carboxylic acids is 1. The zero-order valence-corrected chi connectivity index (χ0v) is 19.1. The Bertz CT molecular complexity index is 1120. The first-order valence-electron chi connectivity index (χ1n) is 11.6. The van der Waals surface area contributed by atoms with Gasteiger partial charge in [0, 0.05) is 45.9 Å². The van der Waals surface area contributed by atoms with Crippen LogP contribution < -0.4 is 15.8 Å². The molecule has 8 heteroatoms. The zero-order valence-electron chi connectivity index (χ0n) is 19.1. The summed E-state index contributed by atoms with van der Waals surface area (Å²) in [4.78, 5) is 34.4. The minimum absolute atomic E-state index is 0.0703. The maximum Gasteiger partial charge on any atom is 0.317 e. The lowest BCUT2D eigenvalue weighted by Gasteiger charge is -2.35. The number of amides is 2. The minimum Gasteiger partial charge on any atom is -0.382 e. The predicted octanol–water partition coefficient (Wildman–Crippen LogP) is 2.70. The molecular formula is C25H31N5O3. The van der Waals surface area contributed by atoms with Crippen molar-refractivity contribution in [3.63, 3.8) is 0 Å². The Labute approximate surface area is 193 Å². The van der Waals surface area contributed by atoms with E-state index in [0.717, 1.165) is 23.0 Å². The summed E-state index contributed by atoms with van der Waals surface area (Å²) in [7, 11) is 0. The first-order valence-corrected chi connectivity index (χ1v) is 11.6. The van der Waals surface area contributed by atoms with Crippen LogP contribution in [0.4, 0.5) is 10.6 Å². The lowest BCUT2D eigenvalue weighted by Crippen LogP contribution is -2.53. The van der Waals surface area contributed by atoms with Crippen molar-refractivity contribution in [3.8, 4) is 0 Å². The van der Waals surface area contributed by atoms with Crippen molar-refractivity contribution < 1.29 is 9.53 Å². The van der Waals surface area contributed by atoms with Gasteiger partial charge in [0.15, 0.2) is 5.82 Å². The SMILES string of the molecule is CCOCCCNC(=O)N1CCN(c2nc3ccccc3n(Cc3ccccc3)c2=O)CC1. The lowest BCUT2D eigenvalue weighted by atomic mass is 10.2. The molecule has 2 aromatic carbocycles. The molecule has 33 heavy (non-hydrogen) atoms. The van der Waals surface area contributed by atoms with Gasteiger partial charge in [-0.25, -0.2) is 9.78 Å². The van der Waals surface area contributed by atoms with E-state index >= 15 is 0 Å². The van der Waals surface area contributed by atoms with Crippen LogP contribution in [0.25, 0.3) is 11.0 Å². The van der Waals surface area contributed by atoms with Crippen molar-refractivity contribution in [1.29, 1.82) is 0 Å². The van der Waals surface area contributed by atoms with Gasteiger partial charge in [0.1, 0.15) is 0 Å². The van der Waals surface area contributed by atoms with Gasteiger partial charge < -0.3 is 19.9 Å². The van der Waals surface area contributed by atoms with Gasteiger partial charge in [-0.2, -0.15) is 0 Å². The number of urea groups is 1. The van der Waals surface area contributed by atoms with Crippen LogP contribution in [0, 0.1) is 0 Å². The van der Waals surface area contributed by atoms with Gasteiger partial charge in [-0.15, -0.1) is 0 Å². The van der Waals surface area contributed by atoms with Crippen molar-refractivity contribution in [2.45, 2.75) is 19.9 Å². The second kappa shape index (κ2) is 11.0. The normalized spacial score (nSPS) is 14.0. The van der Waals surface area contributed by atoms with Gasteiger partial charge in [-0.3, -0.25) is 9.36 Å². The van der Waals surface area contributed by atoms with Crippen molar-refractivity contribution in [2.75, 3.05) is 50.8 Å². The van der Waals surface area contributed by atoms with Crippen LogP contribution in [-0.4, -0.2) is 66.4 Å². The highest BCUT2D eigenvalue weighted by Gasteiger charge is 2.24. The van der Waals surface area contributed by atoms with E-state index in [4.69, 9.17) is 9.72 Å². The molecule has 1 saturated heterocycles. The van der Waals surface area contributed by atoms with Crippen molar-refractivity contribution >= 4 is 22.9 Å². The molecule has 0 atom stereocenters. The van der Waals surface area contributed by atoms with Crippen molar-refractivity contribution in [2.24, 2.45) is 0 Å². The molecule has 1 aromatic heterocycles. The topological polar surface area (TPSA) is 79.7 Å². The molecule has 2 heterocycles. The predicted molar refractivity (Wildman–Crippen MR) is 130 cm³/mol. The molecule has 1 aliphatic rings. The van der Waals surface area contributed by atoms with Gasteiger partial charge in [-0.05, 0) is 31.0 Å². The van der Waals surface area contributed by atoms with Crippen LogP contribution in [0.1, 0.15) is 18.9 Å². The number of para-hydroxylation sites is 2. The van der Waals surface area contributed by atoms with Gasteiger partial charge in [0.2, 0.25) is 0 Å². The number of benzene rings is 2. The molecular weight excluding hydrogens is 418 g/mol. The fraction of sp³-hybridized carbons (Fsp3) is 0.400. The number of anilines is 1. The minimum atomic E-state index is -0.105. The van der Waals surface area contributed by atoms with Crippen LogP contribution in [0.15, 0.2) is 59.4 Å². The Morgan fingerprint density at radius 1 is 1.03 bits per heavy atom. The quantitative estimate of drug-likeness (QED) is 0.535. The Balaban J connectivity index is 1.47. The molecule has 0 spiro atoms. The average Bonchev–Trinajstić information content (AvgIpc) is 2.86. The van der Waals surface area contributed by atoms with E-state index in [0.29, 0.717) is 58.3 Å². The Kier molecular flexibility index (Phi) is 7.57. The van der Waals surface area contributed by atoms with E-state index in [1.165, 1.54) is 0 Å². The van der Waals surface area contributed by atoms with Crippen LogP contribution >= 0.6 is 0 Å². The van der Waals surface area contributed by atoms with Gasteiger partial charge in [0.25, 0.3) is 5.56 Å². The third-order valence-corrected chi connectivity index (χ3v) is 5.83. The summed E-state index contributed by atoms with van der Waals surface area (Å²) < 4.78 is 7.10. The number of nitrogens with zero attached hydrogens (tertiary/aromatic N) is 4. The number of hydrogen-bond donors (Lipinski definition) is 1. The van der Waals surface area contributed by atoms with E-state index < -0.39 is 0 Å². The summed E-state index contributed by atoms with van der Waals surface area (Å²) in [5, 5.41) is 2.94. The molecule has 2 amide bonds. The summed E-state index contributed by atoms with van der Waals surface area (Å²) in [6.07, 6.45) is 0.793. The molecule has 0 radical (unpaired) electrons. The number of piperazine rings is 1. The number of hydrogen-bond acceptors (Lipinski definition) is 5. The van der Waals surface area contributed by atoms with E-state index in [9.17, 15) is 9.59 Å². The first kappa shape index (κ1) is 22.8. The highest BCUT2D eigenvalue weighted by molar-refractivity contribution is 5.77. The maximum absolute atomic E-state index is 13.5. The summed E-state index contributed by atoms with van der Waals surface area (Å²) in [6.45, 7) is 6.60. The van der Waals surface area contributed by atoms with Crippen LogP contribution in [0.2, 0.25) is 0 Å². The second-order valence-electron chi connectivity index (χ2n) is 8.06. The molecule has 174 valence electrons. The number of fused-ring (bicyclic) bond motifs is 1. The summed E-state index contributed by atoms with van der Waals surface area (Å²) >= 11 is 0. The zero-order chi connectivity index (χ0) is 23.0. The summed E-state index contributed by atoms with van der Waals surface area (Å²) in [6, 6.07) is 17.6. The number of ether oxygens (including phenoxy) is 1. The third kappa shape index (κ3) is 5.51. The Morgan fingerprint density at radius 2 is 1.76 bits per heavy atom. The largest absolute Gasteiger partial charge is 0.382 e. The van der Waals surface area contributed by atoms with Gasteiger partial charge in [0.05, 0.1) is 17.6 Å². The van der Waals surface area contributed by atoms with Gasteiger partial charge in [-0.1, -0.05) is 42.5 Å². The molecule has 4 rings (SSSR count). The van der Waals surface area contributed by atoms with E-state index in [1.807, 2.05) is 66.4 Å². The third-order valence-electron chi connectivity index (χ3n) is 5.83. The Morgan fingerprint density at radius 3 is 2.52 bits per heavy atom. The van der Waals surface area contributed by atoms with Crippen LogP contribution in [-0.2, 0) is 11.3 Å². The molecule has 0 bridgehead atoms. The summed E-state index contributed by atoms with van der Waals surface area (Å²) in [5.74, 6) is 0.446. The maximum atomic E-state index is 13.5. The number of nitrogens with one attached hydrogen (secondary N) is 1. The molecule has 1 N–H and O–H groups in total. The highest BCUT2D eigenvalue weighted by atomic mass is 16.5. The molecule has 0 unspecified atom stereocenters. The fourth-order valence-corrected chi connectivity index (χ4v) is 4.05. The highest BCUT2D eigenvalue weighted by Crippen LogP contribution is 2.17. The average molecular weight is 450 g/mol. The number of aromatic nitrogens is 2. The van der Waals surface area contributed by atoms with E-state index in [1.54, 1.807) is 9.47 Å². The van der Waals surface area contributed by atoms with E-state index in [-0.39, 0.29) is 11.6 Å². The van der Waals surface area contributed by atoms with Crippen LogP contribution in [0.3, 0.4) is 0 Å². The smallest absolute Gasteiger partial charge is 0.317 e. The second-order valence-corrected chi connectivity index (χ2v) is 8.06. The monoisotopic (exact) mass is 449 g/mol. The standard InChI is InChI=1S/C25H31N5O3/c1-2-33-18-8-13-26-25(32)29-16-14-28(15-17-29)23-24(31)30(19-20-9-4-3-5-10-20)22-12-7-6-11-21(22)27-23/h3-7,9-12H,2,8,13-19H2,1H3,(H,26,32).